The van der Waals surface area contributed by atoms with Gasteiger partial charge in [-0.1, -0.05) is 0 Å². The highest BCUT2D eigenvalue weighted by atomic mass is 32.2. The first-order chi connectivity index (χ1) is 9.17. The summed E-state index contributed by atoms with van der Waals surface area (Å²) in [4.78, 5) is 4.30. The number of thioether (sulfide) groups is 1. The highest BCUT2D eigenvalue weighted by Gasteiger charge is 2.16. The first kappa shape index (κ1) is 16.1. The maximum Gasteiger partial charge on any atom is 0.183 e. The molecule has 1 rings (SSSR count). The summed E-state index contributed by atoms with van der Waals surface area (Å²) in [5.74, 6) is 1.32. The second kappa shape index (κ2) is 8.24. The van der Waals surface area contributed by atoms with Gasteiger partial charge < -0.3 is 19.9 Å². The van der Waals surface area contributed by atoms with Crippen LogP contribution < -0.4 is 14.8 Å². The van der Waals surface area contributed by atoms with Gasteiger partial charge in [-0.3, -0.25) is 4.98 Å². The minimum Gasteiger partial charge on any atom is -0.493 e. The van der Waals surface area contributed by atoms with Crippen LogP contribution in [0.3, 0.4) is 0 Å². The molecule has 5 nitrogen and oxygen atoms in total. The Labute approximate surface area is 118 Å². The third kappa shape index (κ3) is 4.26. The number of aliphatic hydroxyl groups excluding tert-OH is 1. The van der Waals surface area contributed by atoms with Crippen molar-refractivity contribution in [1.29, 1.82) is 0 Å². The quantitative estimate of drug-likeness (QED) is 0.751. The molecular weight excluding hydrogens is 264 g/mol. The second-order valence-electron chi connectivity index (χ2n) is 4.12. The summed E-state index contributed by atoms with van der Waals surface area (Å²) in [6.45, 7) is 2.76. The first-order valence-electron chi connectivity index (χ1n) is 6.10. The van der Waals surface area contributed by atoms with E-state index in [1.165, 1.54) is 0 Å². The lowest BCUT2D eigenvalue weighted by atomic mass is 10.2. The molecule has 19 heavy (non-hydrogen) atoms. The number of ether oxygens (including phenoxy) is 2. The molecule has 2 atom stereocenters. The Morgan fingerprint density at radius 1 is 1.42 bits per heavy atom. The molecule has 0 amide bonds. The van der Waals surface area contributed by atoms with Crippen LogP contribution in [0.25, 0.3) is 0 Å². The van der Waals surface area contributed by atoms with Gasteiger partial charge in [0.05, 0.1) is 26.5 Å². The van der Waals surface area contributed by atoms with Crippen molar-refractivity contribution in [3.8, 4) is 11.5 Å². The lowest BCUT2D eigenvalue weighted by molar-refractivity contribution is 0.275. The molecule has 0 saturated carbocycles. The molecule has 108 valence electrons. The average Bonchev–Trinajstić information content (AvgIpc) is 2.45. The van der Waals surface area contributed by atoms with Gasteiger partial charge in [0.25, 0.3) is 0 Å². The van der Waals surface area contributed by atoms with Crippen molar-refractivity contribution >= 4 is 11.8 Å². The van der Waals surface area contributed by atoms with Crippen molar-refractivity contribution in [3.05, 3.63) is 18.0 Å². The molecule has 1 heterocycles. The second-order valence-corrected chi connectivity index (χ2v) is 5.20. The molecule has 0 spiro atoms. The zero-order chi connectivity index (χ0) is 14.3. The molecule has 0 radical (unpaired) electrons. The molecule has 2 unspecified atom stereocenters. The van der Waals surface area contributed by atoms with E-state index in [9.17, 15) is 5.11 Å². The fourth-order valence-corrected chi connectivity index (χ4v) is 2.46. The van der Waals surface area contributed by atoms with Crippen LogP contribution in [0.5, 0.6) is 11.5 Å². The van der Waals surface area contributed by atoms with Crippen molar-refractivity contribution in [2.24, 2.45) is 0 Å². The molecule has 1 aromatic heterocycles. The van der Waals surface area contributed by atoms with Gasteiger partial charge >= 0.3 is 0 Å². The van der Waals surface area contributed by atoms with Crippen LogP contribution in [0, 0.1) is 0 Å². The van der Waals surface area contributed by atoms with Crippen molar-refractivity contribution in [3.63, 3.8) is 0 Å². The highest BCUT2D eigenvalue weighted by Crippen LogP contribution is 2.28. The lowest BCUT2D eigenvalue weighted by Gasteiger charge is -2.21. The standard InChI is InChI=1S/C13H22N2O3S/c1-9(12(8-16)19-4)15-7-10-13(18-3)11(17-2)5-6-14-10/h5-6,9,12,15-16H,7-8H2,1-4H3. The number of methoxy groups -OCH3 is 2. The van der Waals surface area contributed by atoms with Crippen molar-refractivity contribution in [2.45, 2.75) is 24.8 Å². The maximum absolute atomic E-state index is 9.26. The average molecular weight is 286 g/mol. The Kier molecular flexibility index (Phi) is 6.97. The molecule has 1 aromatic rings. The van der Waals surface area contributed by atoms with E-state index in [1.54, 1.807) is 38.2 Å². The molecular formula is C13H22N2O3S. The monoisotopic (exact) mass is 286 g/mol. The minimum absolute atomic E-state index is 0.151. The van der Waals surface area contributed by atoms with E-state index in [-0.39, 0.29) is 17.9 Å². The Hall–Kier alpha value is -0.980. The van der Waals surface area contributed by atoms with E-state index >= 15 is 0 Å². The summed E-state index contributed by atoms with van der Waals surface area (Å²) < 4.78 is 10.6. The summed E-state index contributed by atoms with van der Waals surface area (Å²) in [6.07, 6.45) is 3.69. The number of nitrogens with zero attached hydrogens (tertiary/aromatic N) is 1. The normalized spacial score (nSPS) is 13.9. The number of aliphatic hydroxyl groups is 1. The predicted molar refractivity (Wildman–Crippen MR) is 78.0 cm³/mol. The Morgan fingerprint density at radius 3 is 2.68 bits per heavy atom. The molecule has 0 aliphatic heterocycles. The van der Waals surface area contributed by atoms with Gasteiger partial charge in [-0.2, -0.15) is 11.8 Å². The number of nitrogens with one attached hydrogen (secondary N) is 1. The molecule has 0 aliphatic rings. The van der Waals surface area contributed by atoms with Crippen molar-refractivity contribution in [2.75, 3.05) is 27.1 Å². The Bertz CT molecular complexity index is 386. The number of rotatable bonds is 8. The van der Waals surface area contributed by atoms with Crippen LogP contribution >= 0.6 is 11.8 Å². The smallest absolute Gasteiger partial charge is 0.183 e. The van der Waals surface area contributed by atoms with E-state index in [2.05, 4.69) is 10.3 Å². The predicted octanol–water partition coefficient (Wildman–Crippen LogP) is 1.30. The molecule has 0 fully saturated rings. The van der Waals surface area contributed by atoms with Gasteiger partial charge in [0.1, 0.15) is 0 Å². The van der Waals surface area contributed by atoms with E-state index in [1.807, 2.05) is 13.2 Å². The SMILES string of the molecule is COc1ccnc(CNC(C)C(CO)SC)c1OC. The topological polar surface area (TPSA) is 63.6 Å². The molecule has 0 saturated heterocycles. The van der Waals surface area contributed by atoms with Gasteiger partial charge in [-0.15, -0.1) is 0 Å². The minimum atomic E-state index is 0.151. The van der Waals surface area contributed by atoms with Crippen LogP contribution in [0.1, 0.15) is 12.6 Å². The van der Waals surface area contributed by atoms with E-state index in [0.717, 1.165) is 5.69 Å². The fraction of sp³-hybridized carbons (Fsp3) is 0.615. The Morgan fingerprint density at radius 2 is 2.16 bits per heavy atom. The van der Waals surface area contributed by atoms with Crippen LogP contribution in [0.15, 0.2) is 12.3 Å². The van der Waals surface area contributed by atoms with Crippen LogP contribution in [0.4, 0.5) is 0 Å². The Balaban J connectivity index is 2.72. The summed E-state index contributed by atoms with van der Waals surface area (Å²) in [5.41, 5.74) is 0.798. The van der Waals surface area contributed by atoms with E-state index in [0.29, 0.717) is 18.0 Å². The van der Waals surface area contributed by atoms with Crippen LogP contribution in [-0.2, 0) is 6.54 Å². The zero-order valence-corrected chi connectivity index (χ0v) is 12.7. The zero-order valence-electron chi connectivity index (χ0n) is 11.8. The lowest BCUT2D eigenvalue weighted by Crippen LogP contribution is -2.37. The van der Waals surface area contributed by atoms with Crippen molar-refractivity contribution in [1.82, 2.24) is 10.3 Å². The van der Waals surface area contributed by atoms with E-state index in [4.69, 9.17) is 9.47 Å². The van der Waals surface area contributed by atoms with Gasteiger partial charge in [0, 0.05) is 30.1 Å². The number of hydrogen-bond donors (Lipinski definition) is 2. The summed E-state index contributed by atoms with van der Waals surface area (Å²) >= 11 is 1.64. The summed E-state index contributed by atoms with van der Waals surface area (Å²) in [5, 5.41) is 12.8. The van der Waals surface area contributed by atoms with Gasteiger partial charge in [0.2, 0.25) is 0 Å². The summed E-state index contributed by atoms with van der Waals surface area (Å²) in [7, 11) is 3.21. The van der Waals surface area contributed by atoms with E-state index < -0.39 is 0 Å². The molecule has 0 aliphatic carbocycles. The maximum atomic E-state index is 9.26. The van der Waals surface area contributed by atoms with Crippen LogP contribution in [0.2, 0.25) is 0 Å². The number of hydrogen-bond acceptors (Lipinski definition) is 6. The van der Waals surface area contributed by atoms with Crippen LogP contribution in [-0.4, -0.2) is 48.5 Å². The first-order valence-corrected chi connectivity index (χ1v) is 7.39. The highest BCUT2D eigenvalue weighted by molar-refractivity contribution is 7.99. The number of aromatic nitrogens is 1. The molecule has 0 bridgehead atoms. The van der Waals surface area contributed by atoms with Gasteiger partial charge in [-0.05, 0) is 13.2 Å². The van der Waals surface area contributed by atoms with Gasteiger partial charge in [-0.25, -0.2) is 0 Å². The van der Waals surface area contributed by atoms with Gasteiger partial charge in [0.15, 0.2) is 11.5 Å². The number of pyridine rings is 1. The molecule has 0 aromatic carbocycles. The van der Waals surface area contributed by atoms with Crippen molar-refractivity contribution < 1.29 is 14.6 Å². The molecule has 2 N–H and O–H groups in total. The largest absolute Gasteiger partial charge is 0.493 e. The summed E-state index contributed by atoms with van der Waals surface area (Å²) in [6, 6.07) is 1.95. The fourth-order valence-electron chi connectivity index (χ4n) is 1.80. The third-order valence-corrected chi connectivity index (χ3v) is 4.16. The third-order valence-electron chi connectivity index (χ3n) is 3.00. The molecule has 6 heteroatoms.